The fourth-order valence-electron chi connectivity index (χ4n) is 7.04. The van der Waals surface area contributed by atoms with E-state index >= 15 is 0 Å². The second-order valence-corrected chi connectivity index (χ2v) is 11.8. The van der Waals surface area contributed by atoms with Crippen LogP contribution in [0, 0.1) is 55.4 Å². The zero-order chi connectivity index (χ0) is 31.8. The van der Waals surface area contributed by atoms with Gasteiger partial charge in [0.15, 0.2) is 11.6 Å². The third-order valence-corrected chi connectivity index (χ3v) is 10.1. The lowest BCUT2D eigenvalue weighted by Gasteiger charge is -2.28. The van der Waals surface area contributed by atoms with Crippen molar-refractivity contribution in [3.63, 3.8) is 0 Å². The summed E-state index contributed by atoms with van der Waals surface area (Å²) in [6, 6.07) is 5.56. The van der Waals surface area contributed by atoms with Crippen LogP contribution in [0.3, 0.4) is 0 Å². The summed E-state index contributed by atoms with van der Waals surface area (Å²) in [5.41, 5.74) is 12.2. The highest BCUT2D eigenvalue weighted by atomic mass is 16.2. The van der Waals surface area contributed by atoms with Crippen LogP contribution in [0.25, 0.3) is 6.08 Å². The van der Waals surface area contributed by atoms with Gasteiger partial charge in [0.2, 0.25) is 0 Å². The number of carbonyl (C=O) groups is 4. The highest BCUT2D eigenvalue weighted by molar-refractivity contribution is 6.41. The number of hydrogen-bond donors (Lipinski definition) is 0. The van der Waals surface area contributed by atoms with Crippen LogP contribution in [0.2, 0.25) is 0 Å². The topological polar surface area (TPSA) is 71.5 Å². The number of carbonyl (C=O) groups excluding carboxylic acids is 4. The Morgan fingerprint density at radius 1 is 0.568 bits per heavy atom. The molecule has 0 saturated carbocycles. The molecule has 0 aromatic heterocycles. The van der Waals surface area contributed by atoms with E-state index in [1.54, 1.807) is 6.07 Å². The molecule has 0 bridgehead atoms. The Bertz CT molecular complexity index is 1800. The fraction of sp³-hybridized carbons (Fsp3) is 0.333. The van der Waals surface area contributed by atoms with Crippen molar-refractivity contribution in [2.24, 2.45) is 0 Å². The Balaban J connectivity index is 0.00000144. The molecule has 0 saturated heterocycles. The Kier molecular flexibility index (Phi) is 8.34. The van der Waals surface area contributed by atoms with Gasteiger partial charge in [-0.3, -0.25) is 19.2 Å². The first kappa shape index (κ1) is 32.5. The van der Waals surface area contributed by atoms with Crippen LogP contribution in [0.5, 0.6) is 0 Å². The van der Waals surface area contributed by atoms with Gasteiger partial charge < -0.3 is 0 Å². The third kappa shape index (κ3) is 4.12. The number of allylic oxidation sites excluding steroid dienone is 3. The molecule has 5 heteroatoms. The first-order chi connectivity index (χ1) is 20.3. The fourth-order valence-corrected chi connectivity index (χ4v) is 7.04. The van der Waals surface area contributed by atoms with Crippen molar-refractivity contribution in [2.75, 3.05) is 4.90 Å². The Labute approximate surface area is 261 Å². The second kappa shape index (κ2) is 11.3. The number of benzene rings is 3. The standard InChI is InChI=1S/C36H33NO4.C2H6.CH4/c1-15-16(2)20(6)29-28(19(15)5)33(38)32(34(29)39)25-14-13-24-11-10-12-26(27(24)23(25)9)37-35(40)30-21(7)17(3)18(4)22(8)31(30)36(37)41;1-2;/h10-14,23H,1-9H3;1-2H3;1H4. The molecule has 2 amide bonds. The number of rotatable bonds is 1. The van der Waals surface area contributed by atoms with E-state index in [4.69, 9.17) is 0 Å². The van der Waals surface area contributed by atoms with Crippen LogP contribution < -0.4 is 4.90 Å². The van der Waals surface area contributed by atoms with Crippen molar-refractivity contribution in [1.29, 1.82) is 0 Å². The molecule has 3 aliphatic rings. The van der Waals surface area contributed by atoms with Crippen molar-refractivity contribution in [3.8, 4) is 0 Å². The minimum Gasteiger partial charge on any atom is -0.288 e. The number of Topliss-reactive ketones (excluding diaryl/α,β-unsaturated/α-hetero) is 2. The molecular weight excluding hydrogens is 546 g/mol. The Morgan fingerprint density at radius 2 is 0.977 bits per heavy atom. The van der Waals surface area contributed by atoms with Crippen molar-refractivity contribution in [2.45, 2.75) is 89.5 Å². The van der Waals surface area contributed by atoms with Crippen molar-refractivity contribution >= 4 is 35.1 Å². The maximum Gasteiger partial charge on any atom is 0.266 e. The molecule has 3 aromatic rings. The first-order valence-corrected chi connectivity index (χ1v) is 15.0. The van der Waals surface area contributed by atoms with E-state index in [9.17, 15) is 19.2 Å². The molecule has 0 radical (unpaired) electrons. The smallest absolute Gasteiger partial charge is 0.266 e. The van der Waals surface area contributed by atoms with Gasteiger partial charge in [0.05, 0.1) is 22.4 Å². The molecule has 0 spiro atoms. The average Bonchev–Trinajstić information content (AvgIpc) is 3.41. The number of amides is 2. The van der Waals surface area contributed by atoms with Crippen LogP contribution in [-0.4, -0.2) is 23.4 Å². The van der Waals surface area contributed by atoms with Gasteiger partial charge in [-0.15, -0.1) is 0 Å². The maximum absolute atomic E-state index is 13.9. The lowest BCUT2D eigenvalue weighted by Crippen LogP contribution is -2.31. The lowest BCUT2D eigenvalue weighted by molar-refractivity contribution is 0.0921. The molecule has 228 valence electrons. The minimum absolute atomic E-state index is 0. The van der Waals surface area contributed by atoms with E-state index in [-0.39, 0.29) is 36.4 Å². The number of hydrogen-bond acceptors (Lipinski definition) is 4. The summed E-state index contributed by atoms with van der Waals surface area (Å²) in [6.07, 6.45) is 3.73. The number of anilines is 1. The first-order valence-electron chi connectivity index (χ1n) is 15.0. The molecule has 1 unspecified atom stereocenters. The Morgan fingerprint density at radius 3 is 1.41 bits per heavy atom. The van der Waals surface area contributed by atoms with E-state index in [0.29, 0.717) is 33.5 Å². The van der Waals surface area contributed by atoms with Gasteiger partial charge >= 0.3 is 0 Å². The van der Waals surface area contributed by atoms with E-state index in [0.717, 1.165) is 55.6 Å². The predicted octanol–water partition coefficient (Wildman–Crippen LogP) is 9.12. The normalized spacial score (nSPS) is 16.5. The number of imide groups is 1. The van der Waals surface area contributed by atoms with Crippen LogP contribution in [-0.2, 0) is 0 Å². The molecule has 1 heterocycles. The molecule has 2 aliphatic carbocycles. The highest BCUT2D eigenvalue weighted by Gasteiger charge is 2.44. The van der Waals surface area contributed by atoms with E-state index in [1.165, 1.54) is 4.90 Å². The summed E-state index contributed by atoms with van der Waals surface area (Å²) < 4.78 is 0. The van der Waals surface area contributed by atoms with Gasteiger partial charge in [-0.05, 0) is 123 Å². The average molecular weight is 590 g/mol. The lowest BCUT2D eigenvalue weighted by atomic mass is 9.80. The summed E-state index contributed by atoms with van der Waals surface area (Å²) >= 11 is 0. The zero-order valence-corrected chi connectivity index (χ0v) is 27.0. The Hall–Kier alpha value is -4.38. The van der Waals surface area contributed by atoms with E-state index in [2.05, 4.69) is 0 Å². The van der Waals surface area contributed by atoms with E-state index in [1.807, 2.05) is 100 Å². The molecule has 44 heavy (non-hydrogen) atoms. The quantitative estimate of drug-likeness (QED) is 0.161. The van der Waals surface area contributed by atoms with E-state index < -0.39 is 5.92 Å². The number of ketones is 2. The van der Waals surface area contributed by atoms with Gasteiger partial charge in [0.25, 0.3) is 11.8 Å². The molecule has 6 rings (SSSR count). The molecule has 0 N–H and O–H groups in total. The second-order valence-electron chi connectivity index (χ2n) is 11.8. The van der Waals surface area contributed by atoms with Crippen LogP contribution in [0.1, 0.15) is 131 Å². The maximum atomic E-state index is 13.9. The minimum atomic E-state index is -0.402. The van der Waals surface area contributed by atoms with Crippen molar-refractivity contribution < 1.29 is 19.2 Å². The SMILES string of the molecule is C.CC.Cc1c(C)c(C)c2c(c1C)C(=O)C(=C1C=Cc3cccc(N4C(=O)c5c(C)c(C)c(C)c(C)c5C4=O)c3C1C)C2=O. The summed E-state index contributed by atoms with van der Waals surface area (Å²) in [5, 5.41) is 0. The van der Waals surface area contributed by atoms with Gasteiger partial charge in [0, 0.05) is 17.0 Å². The molecule has 1 atom stereocenters. The third-order valence-electron chi connectivity index (χ3n) is 10.1. The van der Waals surface area contributed by atoms with Crippen LogP contribution in [0.15, 0.2) is 35.4 Å². The summed E-state index contributed by atoms with van der Waals surface area (Å²) in [5.74, 6) is -1.58. The molecule has 0 fully saturated rings. The zero-order valence-electron chi connectivity index (χ0n) is 27.0. The summed E-state index contributed by atoms with van der Waals surface area (Å²) in [6.45, 7) is 21.5. The van der Waals surface area contributed by atoms with Gasteiger partial charge in [-0.2, -0.15) is 0 Å². The van der Waals surface area contributed by atoms with Crippen molar-refractivity contribution in [1.82, 2.24) is 0 Å². The predicted molar refractivity (Wildman–Crippen MR) is 180 cm³/mol. The van der Waals surface area contributed by atoms with Crippen LogP contribution in [0.4, 0.5) is 5.69 Å². The molecule has 3 aromatic carbocycles. The van der Waals surface area contributed by atoms with Gasteiger partial charge in [-0.25, -0.2) is 4.90 Å². The molecule has 1 aliphatic heterocycles. The molecule has 5 nitrogen and oxygen atoms in total. The number of nitrogens with zero attached hydrogens (tertiary/aromatic N) is 1. The molecular formula is C39H43NO4. The number of fused-ring (bicyclic) bond motifs is 3. The van der Waals surface area contributed by atoms with Gasteiger partial charge in [0.1, 0.15) is 0 Å². The van der Waals surface area contributed by atoms with Crippen molar-refractivity contribution in [3.05, 3.63) is 113 Å². The monoisotopic (exact) mass is 589 g/mol. The van der Waals surface area contributed by atoms with Gasteiger partial charge in [-0.1, -0.05) is 52.5 Å². The largest absolute Gasteiger partial charge is 0.288 e. The summed E-state index contributed by atoms with van der Waals surface area (Å²) in [7, 11) is 0. The summed E-state index contributed by atoms with van der Waals surface area (Å²) in [4.78, 5) is 57.0. The van der Waals surface area contributed by atoms with Crippen LogP contribution >= 0.6 is 0 Å². The highest BCUT2D eigenvalue weighted by Crippen LogP contribution is 2.46.